The van der Waals surface area contributed by atoms with Gasteiger partial charge >= 0.3 is 0 Å². The number of rotatable bonds is 2. The fraction of sp³-hybridized carbons (Fsp3) is 0.455. The molecule has 0 unspecified atom stereocenters. The van der Waals surface area contributed by atoms with Crippen molar-refractivity contribution >= 4 is 15.7 Å². The Bertz CT molecular complexity index is 491. The molecule has 1 heterocycles. The van der Waals surface area contributed by atoms with E-state index in [0.717, 1.165) is 30.5 Å². The van der Waals surface area contributed by atoms with Crippen LogP contribution < -0.4 is 4.31 Å². The molecule has 1 aliphatic carbocycles. The summed E-state index contributed by atoms with van der Waals surface area (Å²) in [6.45, 7) is 0.623. The highest BCUT2D eigenvalue weighted by atomic mass is 32.2. The molecule has 0 radical (unpaired) electrons. The van der Waals surface area contributed by atoms with Gasteiger partial charge in [0.05, 0.1) is 10.9 Å². The Labute approximate surface area is 89.8 Å². The zero-order chi connectivity index (χ0) is 10.5. The molecule has 0 bridgehead atoms. The van der Waals surface area contributed by atoms with Gasteiger partial charge in [-0.15, -0.1) is 0 Å². The molecule has 0 amide bonds. The molecule has 0 aromatic heterocycles. The Morgan fingerprint density at radius 1 is 1.20 bits per heavy atom. The van der Waals surface area contributed by atoms with Gasteiger partial charge in [0.1, 0.15) is 0 Å². The van der Waals surface area contributed by atoms with Crippen molar-refractivity contribution in [2.45, 2.75) is 24.5 Å². The quantitative estimate of drug-likeness (QED) is 0.762. The largest absolute Gasteiger partial charge is 0.269 e. The molecule has 0 atom stereocenters. The highest BCUT2D eigenvalue weighted by Gasteiger charge is 2.42. The lowest BCUT2D eigenvalue weighted by atomic mass is 10.2. The highest BCUT2D eigenvalue weighted by Crippen LogP contribution is 2.37. The summed E-state index contributed by atoms with van der Waals surface area (Å²) in [6, 6.07) is 7.78. The maximum Gasteiger partial charge on any atom is 0.238 e. The van der Waals surface area contributed by atoms with Crippen molar-refractivity contribution in [3.8, 4) is 0 Å². The summed E-state index contributed by atoms with van der Waals surface area (Å²) in [7, 11) is -3.05. The van der Waals surface area contributed by atoms with Gasteiger partial charge in [-0.2, -0.15) is 0 Å². The van der Waals surface area contributed by atoms with Crippen molar-refractivity contribution in [1.82, 2.24) is 0 Å². The fourth-order valence-electron chi connectivity index (χ4n) is 2.12. The first-order chi connectivity index (χ1) is 7.19. The number of fused-ring (bicyclic) bond motifs is 1. The van der Waals surface area contributed by atoms with E-state index >= 15 is 0 Å². The predicted octanol–water partition coefficient (Wildman–Crippen LogP) is 1.54. The Hall–Kier alpha value is -1.03. The number of nitrogens with zero attached hydrogens (tertiary/aromatic N) is 1. The second-order valence-electron chi connectivity index (χ2n) is 4.20. The smallest absolute Gasteiger partial charge is 0.238 e. The average Bonchev–Trinajstić information content (AvgIpc) is 2.98. The second-order valence-corrected chi connectivity index (χ2v) is 6.33. The highest BCUT2D eigenvalue weighted by molar-refractivity contribution is 7.93. The van der Waals surface area contributed by atoms with Crippen LogP contribution in [0.3, 0.4) is 0 Å². The van der Waals surface area contributed by atoms with Gasteiger partial charge in [-0.1, -0.05) is 18.2 Å². The summed E-state index contributed by atoms with van der Waals surface area (Å²) >= 11 is 0. The minimum atomic E-state index is -3.05. The van der Waals surface area contributed by atoms with Crippen molar-refractivity contribution in [3.63, 3.8) is 0 Å². The fourth-order valence-corrected chi connectivity index (χ4v) is 4.01. The third kappa shape index (κ3) is 1.35. The zero-order valence-electron chi connectivity index (χ0n) is 8.39. The number of hydrogen-bond acceptors (Lipinski definition) is 2. The molecule has 0 N–H and O–H groups in total. The van der Waals surface area contributed by atoms with E-state index in [4.69, 9.17) is 0 Å². The Morgan fingerprint density at radius 2 is 1.93 bits per heavy atom. The van der Waals surface area contributed by atoms with Crippen LogP contribution in [-0.4, -0.2) is 20.2 Å². The first kappa shape index (κ1) is 9.21. The summed E-state index contributed by atoms with van der Waals surface area (Å²) < 4.78 is 25.8. The van der Waals surface area contributed by atoms with Gasteiger partial charge in [0, 0.05) is 6.54 Å². The number of benzene rings is 1. The molecule has 0 spiro atoms. The van der Waals surface area contributed by atoms with E-state index in [9.17, 15) is 8.42 Å². The summed E-state index contributed by atoms with van der Waals surface area (Å²) in [6.07, 6.45) is 2.52. The third-order valence-electron chi connectivity index (χ3n) is 3.10. The Balaban J connectivity index is 2.03. The van der Waals surface area contributed by atoms with Crippen LogP contribution in [0.2, 0.25) is 0 Å². The zero-order valence-corrected chi connectivity index (χ0v) is 9.20. The molecular formula is C11H13NO2S. The van der Waals surface area contributed by atoms with Crippen molar-refractivity contribution in [3.05, 3.63) is 29.8 Å². The van der Waals surface area contributed by atoms with Gasteiger partial charge in [-0.25, -0.2) is 8.42 Å². The average molecular weight is 223 g/mol. The molecule has 80 valence electrons. The van der Waals surface area contributed by atoms with Crippen LogP contribution in [0.1, 0.15) is 18.4 Å². The summed E-state index contributed by atoms with van der Waals surface area (Å²) in [5.74, 6) is 0. The van der Waals surface area contributed by atoms with Crippen molar-refractivity contribution < 1.29 is 8.42 Å². The van der Waals surface area contributed by atoms with Crippen LogP contribution in [0, 0.1) is 0 Å². The summed E-state index contributed by atoms with van der Waals surface area (Å²) in [4.78, 5) is 0. The first-order valence-corrected chi connectivity index (χ1v) is 6.79. The molecule has 1 fully saturated rings. The van der Waals surface area contributed by atoms with E-state index in [1.807, 2.05) is 24.3 Å². The molecule has 1 aromatic carbocycles. The lowest BCUT2D eigenvalue weighted by molar-refractivity contribution is 0.591. The Kier molecular flexibility index (Phi) is 1.83. The maximum atomic E-state index is 12.1. The lowest BCUT2D eigenvalue weighted by Gasteiger charge is -2.18. The summed E-state index contributed by atoms with van der Waals surface area (Å²) in [5.41, 5.74) is 2.05. The molecule has 1 saturated carbocycles. The molecule has 1 aliphatic heterocycles. The standard InChI is InChI=1S/C11H13NO2S/c13-15(14,10-5-6-10)12-8-7-9-3-1-2-4-11(9)12/h1-4,10H,5-8H2. The third-order valence-corrected chi connectivity index (χ3v) is 5.40. The van der Waals surface area contributed by atoms with E-state index in [0.29, 0.717) is 6.54 Å². The molecule has 4 heteroatoms. The first-order valence-electron chi connectivity index (χ1n) is 5.29. The molecular weight excluding hydrogens is 210 g/mol. The van der Waals surface area contributed by atoms with Crippen LogP contribution in [0.4, 0.5) is 5.69 Å². The topological polar surface area (TPSA) is 37.4 Å². The van der Waals surface area contributed by atoms with E-state index in [1.54, 1.807) is 4.31 Å². The lowest BCUT2D eigenvalue weighted by Crippen LogP contribution is -2.32. The number of para-hydroxylation sites is 1. The molecule has 3 rings (SSSR count). The van der Waals surface area contributed by atoms with Crippen molar-refractivity contribution in [1.29, 1.82) is 0 Å². The van der Waals surface area contributed by atoms with E-state index in [1.165, 1.54) is 0 Å². The van der Waals surface area contributed by atoms with E-state index in [-0.39, 0.29) is 5.25 Å². The van der Waals surface area contributed by atoms with Crippen LogP contribution in [-0.2, 0) is 16.4 Å². The van der Waals surface area contributed by atoms with Gasteiger partial charge in [-0.05, 0) is 30.9 Å². The van der Waals surface area contributed by atoms with Gasteiger partial charge < -0.3 is 0 Å². The van der Waals surface area contributed by atoms with Gasteiger partial charge in [0.25, 0.3) is 0 Å². The van der Waals surface area contributed by atoms with Crippen molar-refractivity contribution in [2.75, 3.05) is 10.8 Å². The second kappa shape index (κ2) is 2.98. The number of anilines is 1. The van der Waals surface area contributed by atoms with Gasteiger partial charge in [0.15, 0.2) is 0 Å². The predicted molar refractivity (Wildman–Crippen MR) is 59.4 cm³/mol. The molecule has 3 nitrogen and oxygen atoms in total. The van der Waals surface area contributed by atoms with E-state index < -0.39 is 10.0 Å². The number of sulfonamides is 1. The normalized spacial score (nSPS) is 20.4. The van der Waals surface area contributed by atoms with Crippen molar-refractivity contribution in [2.24, 2.45) is 0 Å². The molecule has 2 aliphatic rings. The molecule has 0 saturated heterocycles. The van der Waals surface area contributed by atoms with Gasteiger partial charge in [-0.3, -0.25) is 4.31 Å². The monoisotopic (exact) mass is 223 g/mol. The van der Waals surface area contributed by atoms with Gasteiger partial charge in [0.2, 0.25) is 10.0 Å². The van der Waals surface area contributed by atoms with Crippen LogP contribution in [0.5, 0.6) is 0 Å². The van der Waals surface area contributed by atoms with Crippen LogP contribution >= 0.6 is 0 Å². The Morgan fingerprint density at radius 3 is 2.67 bits per heavy atom. The number of hydrogen-bond donors (Lipinski definition) is 0. The minimum Gasteiger partial charge on any atom is -0.269 e. The SMILES string of the molecule is O=S(=O)(C1CC1)N1CCc2ccccc21. The minimum absolute atomic E-state index is 0.108. The van der Waals surface area contributed by atoms with E-state index in [2.05, 4.69) is 0 Å². The van der Waals surface area contributed by atoms with Crippen LogP contribution in [0.25, 0.3) is 0 Å². The molecule has 1 aromatic rings. The van der Waals surface area contributed by atoms with Crippen LogP contribution in [0.15, 0.2) is 24.3 Å². The molecule has 15 heavy (non-hydrogen) atoms. The maximum absolute atomic E-state index is 12.1. The summed E-state index contributed by atoms with van der Waals surface area (Å²) in [5, 5.41) is -0.108.